The summed E-state index contributed by atoms with van der Waals surface area (Å²) in [6, 6.07) is -0.679. The normalized spacial score (nSPS) is 12.3. The third-order valence-electron chi connectivity index (χ3n) is 2.30. The number of hydrogen-bond donors (Lipinski definition) is 2. The predicted octanol–water partition coefficient (Wildman–Crippen LogP) is 0.431. The molecule has 1 atom stereocenters. The Balaban J connectivity index is 2.71. The lowest BCUT2D eigenvalue weighted by atomic mass is 10.0. The number of amides is 1. The van der Waals surface area contributed by atoms with Crippen LogP contribution in [0, 0.1) is 12.8 Å². The first-order valence-corrected chi connectivity index (χ1v) is 5.71. The van der Waals surface area contributed by atoms with Crippen LogP contribution in [0.25, 0.3) is 0 Å². The smallest absolute Gasteiger partial charge is 0.328 e. The predicted molar refractivity (Wildman–Crippen MR) is 63.8 cm³/mol. The van der Waals surface area contributed by atoms with E-state index in [1.54, 1.807) is 6.92 Å². The molecule has 1 aromatic rings. The van der Waals surface area contributed by atoms with E-state index in [0.29, 0.717) is 12.2 Å². The molecule has 1 heterocycles. The summed E-state index contributed by atoms with van der Waals surface area (Å²) in [7, 11) is 1.29. The van der Waals surface area contributed by atoms with Crippen LogP contribution in [0.15, 0.2) is 0 Å². The van der Waals surface area contributed by atoms with Gasteiger partial charge < -0.3 is 10.1 Å². The number of methoxy groups -OCH3 is 1. The monoisotopic (exact) mass is 254 g/mol. The molecule has 7 heteroatoms. The molecule has 0 saturated carbocycles. The molecule has 0 bridgehead atoms. The lowest BCUT2D eigenvalue weighted by Crippen LogP contribution is -2.42. The third kappa shape index (κ3) is 3.83. The highest BCUT2D eigenvalue weighted by Gasteiger charge is 2.24. The van der Waals surface area contributed by atoms with E-state index in [1.807, 2.05) is 13.8 Å². The van der Waals surface area contributed by atoms with E-state index in [2.05, 4.69) is 25.2 Å². The molecule has 0 radical (unpaired) electrons. The molecular weight excluding hydrogens is 236 g/mol. The zero-order valence-corrected chi connectivity index (χ0v) is 11.0. The fourth-order valence-corrected chi connectivity index (χ4v) is 1.49. The van der Waals surface area contributed by atoms with Crippen molar-refractivity contribution in [2.45, 2.75) is 33.2 Å². The zero-order valence-electron chi connectivity index (χ0n) is 11.0. The third-order valence-corrected chi connectivity index (χ3v) is 2.30. The molecule has 0 fully saturated rings. The number of carbonyl (C=O) groups is 2. The molecule has 1 amide bonds. The van der Waals surface area contributed by atoms with Crippen LogP contribution in [0.3, 0.4) is 0 Å². The highest BCUT2D eigenvalue weighted by Crippen LogP contribution is 2.07. The SMILES string of the molecule is COC(=O)C(CC(C)C)NC(=O)c1n[nH]c(C)n1. The molecule has 0 saturated heterocycles. The number of carbonyl (C=O) groups excluding carboxylic acids is 2. The second-order valence-electron chi connectivity index (χ2n) is 4.42. The van der Waals surface area contributed by atoms with Crippen LogP contribution in [0.2, 0.25) is 0 Å². The average molecular weight is 254 g/mol. The average Bonchev–Trinajstić information content (AvgIpc) is 2.73. The number of aromatic amines is 1. The van der Waals surface area contributed by atoms with Crippen LogP contribution in [-0.4, -0.2) is 40.2 Å². The number of nitrogens with zero attached hydrogens (tertiary/aromatic N) is 2. The fourth-order valence-electron chi connectivity index (χ4n) is 1.49. The second-order valence-corrected chi connectivity index (χ2v) is 4.42. The van der Waals surface area contributed by atoms with Crippen molar-refractivity contribution in [1.29, 1.82) is 0 Å². The minimum Gasteiger partial charge on any atom is -0.467 e. The summed E-state index contributed by atoms with van der Waals surface area (Å²) in [5.41, 5.74) is 0. The number of hydrogen-bond acceptors (Lipinski definition) is 5. The topological polar surface area (TPSA) is 97.0 Å². The number of rotatable bonds is 5. The van der Waals surface area contributed by atoms with E-state index in [-0.39, 0.29) is 11.7 Å². The van der Waals surface area contributed by atoms with Crippen molar-refractivity contribution in [3.05, 3.63) is 11.6 Å². The Morgan fingerprint density at radius 2 is 2.11 bits per heavy atom. The highest BCUT2D eigenvalue weighted by atomic mass is 16.5. The maximum absolute atomic E-state index is 11.8. The maximum atomic E-state index is 11.8. The van der Waals surface area contributed by atoms with Gasteiger partial charge in [0, 0.05) is 0 Å². The molecule has 0 aliphatic carbocycles. The van der Waals surface area contributed by atoms with Gasteiger partial charge in [0.2, 0.25) is 5.82 Å². The molecule has 0 aliphatic rings. The van der Waals surface area contributed by atoms with Gasteiger partial charge in [0.05, 0.1) is 7.11 Å². The Bertz CT molecular complexity index is 428. The van der Waals surface area contributed by atoms with Crippen molar-refractivity contribution < 1.29 is 14.3 Å². The minimum atomic E-state index is -0.679. The molecular formula is C11H18N4O3. The van der Waals surface area contributed by atoms with Crippen LogP contribution in [0.5, 0.6) is 0 Å². The van der Waals surface area contributed by atoms with Gasteiger partial charge in [0.25, 0.3) is 5.91 Å². The van der Waals surface area contributed by atoms with Crippen molar-refractivity contribution in [1.82, 2.24) is 20.5 Å². The van der Waals surface area contributed by atoms with Gasteiger partial charge in [0.15, 0.2) is 0 Å². The van der Waals surface area contributed by atoms with Crippen LogP contribution < -0.4 is 5.32 Å². The van der Waals surface area contributed by atoms with E-state index in [0.717, 1.165) is 0 Å². The molecule has 0 spiro atoms. The number of esters is 1. The molecule has 1 aromatic heterocycles. The van der Waals surface area contributed by atoms with Gasteiger partial charge in [-0.1, -0.05) is 13.8 Å². The second kappa shape index (κ2) is 6.13. The van der Waals surface area contributed by atoms with E-state index in [9.17, 15) is 9.59 Å². The molecule has 18 heavy (non-hydrogen) atoms. The van der Waals surface area contributed by atoms with Gasteiger partial charge in [-0.3, -0.25) is 9.89 Å². The van der Waals surface area contributed by atoms with Crippen LogP contribution in [0.1, 0.15) is 36.7 Å². The van der Waals surface area contributed by atoms with E-state index in [4.69, 9.17) is 0 Å². The lowest BCUT2D eigenvalue weighted by Gasteiger charge is -2.17. The van der Waals surface area contributed by atoms with Crippen molar-refractivity contribution in [2.24, 2.45) is 5.92 Å². The Labute approximate surface area is 105 Å². The number of aryl methyl sites for hydroxylation is 1. The number of H-pyrrole nitrogens is 1. The maximum Gasteiger partial charge on any atom is 0.328 e. The summed E-state index contributed by atoms with van der Waals surface area (Å²) in [6.45, 7) is 5.60. The van der Waals surface area contributed by atoms with E-state index in [1.165, 1.54) is 7.11 Å². The number of aromatic nitrogens is 3. The van der Waals surface area contributed by atoms with Gasteiger partial charge in [-0.05, 0) is 19.3 Å². The van der Waals surface area contributed by atoms with E-state index >= 15 is 0 Å². The molecule has 2 N–H and O–H groups in total. The molecule has 0 aliphatic heterocycles. The molecule has 7 nitrogen and oxygen atoms in total. The minimum absolute atomic E-state index is 0.0187. The first-order chi connectivity index (χ1) is 8.43. The number of ether oxygens (including phenoxy) is 1. The first-order valence-electron chi connectivity index (χ1n) is 5.71. The van der Waals surface area contributed by atoms with Crippen LogP contribution >= 0.6 is 0 Å². The molecule has 0 aromatic carbocycles. The molecule has 1 rings (SSSR count). The Morgan fingerprint density at radius 1 is 1.44 bits per heavy atom. The van der Waals surface area contributed by atoms with Gasteiger partial charge in [0.1, 0.15) is 11.9 Å². The van der Waals surface area contributed by atoms with Gasteiger partial charge >= 0.3 is 5.97 Å². The molecule has 1 unspecified atom stereocenters. The van der Waals surface area contributed by atoms with Crippen molar-refractivity contribution in [2.75, 3.05) is 7.11 Å². The fraction of sp³-hybridized carbons (Fsp3) is 0.636. The largest absolute Gasteiger partial charge is 0.467 e. The highest BCUT2D eigenvalue weighted by molar-refractivity contribution is 5.93. The summed E-state index contributed by atoms with van der Waals surface area (Å²) in [4.78, 5) is 27.2. The van der Waals surface area contributed by atoms with Crippen LogP contribution in [-0.2, 0) is 9.53 Å². The van der Waals surface area contributed by atoms with Crippen molar-refractivity contribution >= 4 is 11.9 Å². The quantitative estimate of drug-likeness (QED) is 0.743. The van der Waals surface area contributed by atoms with Gasteiger partial charge in [-0.15, -0.1) is 5.10 Å². The Kier molecular flexibility index (Phi) is 4.82. The Morgan fingerprint density at radius 3 is 2.56 bits per heavy atom. The molecule has 100 valence electrons. The zero-order chi connectivity index (χ0) is 13.7. The summed E-state index contributed by atoms with van der Waals surface area (Å²) in [6.07, 6.45) is 0.502. The lowest BCUT2D eigenvalue weighted by molar-refractivity contribution is -0.143. The van der Waals surface area contributed by atoms with Gasteiger partial charge in [-0.25, -0.2) is 9.78 Å². The summed E-state index contributed by atoms with van der Waals surface area (Å²) >= 11 is 0. The Hall–Kier alpha value is -1.92. The standard InChI is InChI=1S/C11H18N4O3/c1-6(2)5-8(11(17)18-4)13-10(16)9-12-7(3)14-15-9/h6,8H,5H2,1-4H3,(H,13,16)(H,12,14,15). The van der Waals surface area contributed by atoms with Crippen molar-refractivity contribution in [3.63, 3.8) is 0 Å². The first kappa shape index (κ1) is 14.1. The number of nitrogens with one attached hydrogen (secondary N) is 2. The summed E-state index contributed by atoms with van der Waals surface area (Å²) in [5, 5.41) is 8.87. The van der Waals surface area contributed by atoms with E-state index < -0.39 is 17.9 Å². The summed E-state index contributed by atoms with van der Waals surface area (Å²) in [5.74, 6) is -0.147. The van der Waals surface area contributed by atoms with Gasteiger partial charge in [-0.2, -0.15) is 0 Å². The summed E-state index contributed by atoms with van der Waals surface area (Å²) < 4.78 is 4.65. The van der Waals surface area contributed by atoms with Crippen molar-refractivity contribution in [3.8, 4) is 0 Å². The van der Waals surface area contributed by atoms with Crippen LogP contribution in [0.4, 0.5) is 0 Å².